The number of amides is 2. The first-order chi connectivity index (χ1) is 18.2. The summed E-state index contributed by atoms with van der Waals surface area (Å²) in [5, 5.41) is 2.97. The average molecular weight is 519 g/mol. The zero-order valence-corrected chi connectivity index (χ0v) is 23.0. The normalized spacial score (nSPS) is 15.1. The summed E-state index contributed by atoms with van der Waals surface area (Å²) in [6.07, 6.45) is 4.15. The maximum absolute atomic E-state index is 13.3. The van der Waals surface area contributed by atoms with Gasteiger partial charge in [-0.3, -0.25) is 19.5 Å². The van der Waals surface area contributed by atoms with Crippen molar-refractivity contribution in [1.29, 1.82) is 0 Å². The Hall–Kier alpha value is -3.65. The number of aromatic nitrogens is 2. The lowest BCUT2D eigenvalue weighted by molar-refractivity contribution is -0.136. The number of benzene rings is 2. The first-order valence-corrected chi connectivity index (χ1v) is 13.2. The summed E-state index contributed by atoms with van der Waals surface area (Å²) < 4.78 is 12.9. The minimum Gasteiger partial charge on any atom is -0.497 e. The van der Waals surface area contributed by atoms with Crippen LogP contribution in [0.1, 0.15) is 44.2 Å². The Morgan fingerprint density at radius 3 is 2.55 bits per heavy atom. The molecular weight excluding hydrogens is 480 g/mol. The molecule has 38 heavy (non-hydrogen) atoms. The van der Waals surface area contributed by atoms with Crippen LogP contribution < -0.4 is 10.1 Å². The van der Waals surface area contributed by atoms with Gasteiger partial charge in [-0.05, 0) is 80.1 Å². The summed E-state index contributed by atoms with van der Waals surface area (Å²) in [4.78, 5) is 32.7. The molecule has 1 aliphatic heterocycles. The first-order valence-electron chi connectivity index (χ1n) is 13.2. The predicted octanol–water partition coefficient (Wildman–Crippen LogP) is 5.16. The van der Waals surface area contributed by atoms with Gasteiger partial charge in [0.15, 0.2) is 0 Å². The van der Waals surface area contributed by atoms with Crippen LogP contribution in [-0.4, -0.2) is 59.2 Å². The Labute approximate surface area is 225 Å². The minimum atomic E-state index is -0.294. The Bertz CT molecular complexity index is 1260. The molecule has 4 rings (SSSR count). The molecule has 202 valence electrons. The van der Waals surface area contributed by atoms with Gasteiger partial charge in [-0.1, -0.05) is 19.9 Å². The highest BCUT2D eigenvalue weighted by atomic mass is 16.5. The van der Waals surface area contributed by atoms with Gasteiger partial charge in [0, 0.05) is 37.0 Å². The third-order valence-electron chi connectivity index (χ3n) is 6.83. The predicted molar refractivity (Wildman–Crippen MR) is 149 cm³/mol. The SMILES string of the molecule is COc1ccc(-c2cn(-c3ccc(C)c(C)c3)c(NC(=O)CN(C[C@H]3CCCO3)C(=O)CC(C)C)n2)cc1. The molecule has 3 aromatic rings. The second-order valence-corrected chi connectivity index (χ2v) is 10.4. The Morgan fingerprint density at radius 2 is 1.92 bits per heavy atom. The first kappa shape index (κ1) is 27.4. The molecule has 1 fully saturated rings. The molecule has 8 heteroatoms. The molecule has 0 bridgehead atoms. The number of carbonyl (C=O) groups is 2. The smallest absolute Gasteiger partial charge is 0.246 e. The van der Waals surface area contributed by atoms with Crippen LogP contribution in [0.2, 0.25) is 0 Å². The van der Waals surface area contributed by atoms with E-state index in [-0.39, 0.29) is 30.4 Å². The number of nitrogens with zero attached hydrogens (tertiary/aromatic N) is 3. The lowest BCUT2D eigenvalue weighted by Gasteiger charge is -2.25. The van der Waals surface area contributed by atoms with Crippen molar-refractivity contribution in [3.05, 3.63) is 59.8 Å². The van der Waals surface area contributed by atoms with Gasteiger partial charge in [0.1, 0.15) is 12.3 Å². The number of rotatable bonds is 10. The van der Waals surface area contributed by atoms with Gasteiger partial charge in [0.05, 0.1) is 18.9 Å². The molecule has 0 spiro atoms. The molecule has 2 heterocycles. The van der Waals surface area contributed by atoms with Crippen molar-refractivity contribution in [3.8, 4) is 22.7 Å². The number of carbonyl (C=O) groups excluding carboxylic acids is 2. The summed E-state index contributed by atoms with van der Waals surface area (Å²) >= 11 is 0. The molecule has 1 saturated heterocycles. The maximum Gasteiger partial charge on any atom is 0.246 e. The third-order valence-corrected chi connectivity index (χ3v) is 6.83. The van der Waals surface area contributed by atoms with Gasteiger partial charge in [0.2, 0.25) is 17.8 Å². The van der Waals surface area contributed by atoms with Gasteiger partial charge in [0.25, 0.3) is 0 Å². The number of ether oxygens (including phenoxy) is 2. The van der Waals surface area contributed by atoms with E-state index in [0.29, 0.717) is 31.2 Å². The van der Waals surface area contributed by atoms with Crippen LogP contribution in [0.5, 0.6) is 5.75 Å². The van der Waals surface area contributed by atoms with Crippen molar-refractivity contribution in [2.75, 3.05) is 32.1 Å². The van der Waals surface area contributed by atoms with Crippen LogP contribution >= 0.6 is 0 Å². The second kappa shape index (κ2) is 12.3. The third kappa shape index (κ3) is 6.81. The molecule has 1 atom stereocenters. The molecule has 1 aliphatic rings. The fraction of sp³-hybridized carbons (Fsp3) is 0.433. The van der Waals surface area contributed by atoms with Gasteiger partial charge < -0.3 is 14.4 Å². The molecule has 2 aromatic carbocycles. The largest absolute Gasteiger partial charge is 0.497 e. The van der Waals surface area contributed by atoms with Gasteiger partial charge >= 0.3 is 0 Å². The van der Waals surface area contributed by atoms with E-state index in [4.69, 9.17) is 14.5 Å². The highest BCUT2D eigenvalue weighted by molar-refractivity contribution is 5.94. The molecule has 8 nitrogen and oxygen atoms in total. The zero-order valence-electron chi connectivity index (χ0n) is 23.0. The van der Waals surface area contributed by atoms with Crippen LogP contribution in [0.4, 0.5) is 5.95 Å². The quantitative estimate of drug-likeness (QED) is 0.401. The Kier molecular flexibility index (Phi) is 8.84. The number of imidazole rings is 1. The van der Waals surface area contributed by atoms with Crippen LogP contribution in [0, 0.1) is 19.8 Å². The van der Waals surface area contributed by atoms with Crippen LogP contribution in [0.3, 0.4) is 0 Å². The summed E-state index contributed by atoms with van der Waals surface area (Å²) in [6.45, 7) is 9.19. The number of nitrogens with one attached hydrogen (secondary N) is 1. The standard InChI is InChI=1S/C30H38N4O4/c1-20(2)15-29(36)33(17-26-7-6-14-38-26)19-28(35)32-30-31-27(23-9-12-25(37-5)13-10-23)18-34(30)24-11-8-21(3)22(4)16-24/h8-13,16,18,20,26H,6-7,14-15,17,19H2,1-5H3,(H,31,32,35)/t26-/m1/s1. The van der Waals surface area contributed by atoms with Gasteiger partial charge in [-0.15, -0.1) is 0 Å². The number of aryl methyl sites for hydroxylation is 2. The molecule has 0 saturated carbocycles. The number of hydrogen-bond acceptors (Lipinski definition) is 5. The summed E-state index contributed by atoms with van der Waals surface area (Å²) in [5.41, 5.74) is 4.83. The fourth-order valence-electron chi connectivity index (χ4n) is 4.55. The van der Waals surface area contributed by atoms with Crippen LogP contribution in [0.25, 0.3) is 16.9 Å². The molecule has 1 N–H and O–H groups in total. The molecule has 1 aromatic heterocycles. The number of anilines is 1. The van der Waals surface area contributed by atoms with E-state index in [2.05, 4.69) is 31.3 Å². The zero-order chi connectivity index (χ0) is 27.2. The summed E-state index contributed by atoms with van der Waals surface area (Å²) in [6, 6.07) is 13.8. The number of methoxy groups -OCH3 is 1. The monoisotopic (exact) mass is 518 g/mol. The fourth-order valence-corrected chi connectivity index (χ4v) is 4.55. The number of hydrogen-bond donors (Lipinski definition) is 1. The van der Waals surface area contributed by atoms with E-state index in [1.807, 2.05) is 54.9 Å². The lowest BCUT2D eigenvalue weighted by Crippen LogP contribution is -2.42. The molecule has 0 aliphatic carbocycles. The Balaban J connectivity index is 1.60. The Morgan fingerprint density at radius 1 is 1.16 bits per heavy atom. The highest BCUT2D eigenvalue weighted by Gasteiger charge is 2.25. The van der Waals surface area contributed by atoms with Crippen molar-refractivity contribution in [2.24, 2.45) is 5.92 Å². The topological polar surface area (TPSA) is 85.7 Å². The van der Waals surface area contributed by atoms with E-state index in [9.17, 15) is 9.59 Å². The van der Waals surface area contributed by atoms with Crippen molar-refractivity contribution in [1.82, 2.24) is 14.5 Å². The molecular formula is C30H38N4O4. The van der Waals surface area contributed by atoms with E-state index >= 15 is 0 Å². The molecule has 0 radical (unpaired) electrons. The van der Waals surface area contributed by atoms with Crippen LogP contribution in [-0.2, 0) is 14.3 Å². The summed E-state index contributed by atoms with van der Waals surface area (Å²) in [7, 11) is 1.63. The van der Waals surface area contributed by atoms with Gasteiger partial charge in [-0.25, -0.2) is 4.98 Å². The maximum atomic E-state index is 13.3. The minimum absolute atomic E-state index is 0.0295. The van der Waals surface area contributed by atoms with E-state index in [0.717, 1.165) is 35.4 Å². The van der Waals surface area contributed by atoms with Crippen molar-refractivity contribution < 1.29 is 19.1 Å². The van der Waals surface area contributed by atoms with E-state index < -0.39 is 0 Å². The van der Waals surface area contributed by atoms with E-state index in [1.165, 1.54) is 5.56 Å². The van der Waals surface area contributed by atoms with Crippen molar-refractivity contribution in [3.63, 3.8) is 0 Å². The highest BCUT2D eigenvalue weighted by Crippen LogP contribution is 2.27. The average Bonchev–Trinajstić information content (AvgIpc) is 3.55. The van der Waals surface area contributed by atoms with Crippen LogP contribution in [0.15, 0.2) is 48.7 Å². The molecule has 2 amide bonds. The van der Waals surface area contributed by atoms with E-state index in [1.54, 1.807) is 12.0 Å². The second-order valence-electron chi connectivity index (χ2n) is 10.4. The lowest BCUT2D eigenvalue weighted by atomic mass is 10.1. The van der Waals surface area contributed by atoms with Crippen molar-refractivity contribution in [2.45, 2.75) is 53.1 Å². The van der Waals surface area contributed by atoms with Gasteiger partial charge in [-0.2, -0.15) is 0 Å². The summed E-state index contributed by atoms with van der Waals surface area (Å²) in [5.74, 6) is 1.03. The van der Waals surface area contributed by atoms with Crippen molar-refractivity contribution >= 4 is 17.8 Å². The molecule has 0 unspecified atom stereocenters.